The molecule has 0 saturated heterocycles. The van der Waals surface area contributed by atoms with Crippen LogP contribution in [0.2, 0.25) is 0 Å². The zero-order chi connectivity index (χ0) is 11.4. The van der Waals surface area contributed by atoms with Gasteiger partial charge >= 0.3 is 0 Å². The molecule has 88 valence electrons. The van der Waals surface area contributed by atoms with Crippen molar-refractivity contribution in [3.8, 4) is 0 Å². The first kappa shape index (κ1) is 11.6. The number of pyridine rings is 1. The summed E-state index contributed by atoms with van der Waals surface area (Å²) in [6.07, 6.45) is 5.66. The van der Waals surface area contributed by atoms with Crippen LogP contribution < -0.4 is 5.73 Å². The largest absolute Gasteiger partial charge is 0.329 e. The van der Waals surface area contributed by atoms with Crippen molar-refractivity contribution in [1.82, 2.24) is 9.88 Å². The molecule has 0 spiro atoms. The number of hydrogen-bond acceptors (Lipinski definition) is 3. The highest BCUT2D eigenvalue weighted by atomic mass is 15.2. The summed E-state index contributed by atoms with van der Waals surface area (Å²) in [5.41, 5.74) is 7.34. The van der Waals surface area contributed by atoms with Gasteiger partial charge in [0.05, 0.1) is 5.69 Å². The Labute approximate surface area is 97.7 Å². The second-order valence-corrected chi connectivity index (χ2v) is 4.62. The maximum absolute atomic E-state index is 5.94. The highest BCUT2D eigenvalue weighted by Gasteiger charge is 2.40. The summed E-state index contributed by atoms with van der Waals surface area (Å²) in [6, 6.07) is 6.10. The zero-order valence-corrected chi connectivity index (χ0v) is 10.0. The molecule has 0 bridgehead atoms. The van der Waals surface area contributed by atoms with E-state index in [-0.39, 0.29) is 5.54 Å². The van der Waals surface area contributed by atoms with Gasteiger partial charge in [-0.3, -0.25) is 9.88 Å². The predicted octanol–water partition coefficient (Wildman–Crippen LogP) is 1.78. The second kappa shape index (κ2) is 4.93. The highest BCUT2D eigenvalue weighted by molar-refractivity contribution is 5.06. The van der Waals surface area contributed by atoms with Crippen LogP contribution >= 0.6 is 0 Å². The molecule has 0 aliphatic heterocycles. The van der Waals surface area contributed by atoms with Crippen LogP contribution in [-0.2, 0) is 6.54 Å². The first-order valence-electron chi connectivity index (χ1n) is 6.16. The van der Waals surface area contributed by atoms with Crippen molar-refractivity contribution >= 4 is 0 Å². The van der Waals surface area contributed by atoms with Gasteiger partial charge in [-0.15, -0.1) is 0 Å². The molecule has 1 saturated carbocycles. The molecule has 0 atom stereocenters. The van der Waals surface area contributed by atoms with E-state index < -0.39 is 0 Å². The molecule has 0 aromatic carbocycles. The molecular formula is C13H21N3. The molecule has 0 unspecified atom stereocenters. The SMILES string of the molecule is CCN(Cc1ccccn1)C1(CN)CCC1. The molecule has 1 aromatic heterocycles. The maximum Gasteiger partial charge on any atom is 0.0544 e. The normalized spacial score (nSPS) is 18.4. The van der Waals surface area contributed by atoms with Crippen LogP contribution in [0, 0.1) is 0 Å². The molecule has 1 aromatic rings. The molecule has 16 heavy (non-hydrogen) atoms. The van der Waals surface area contributed by atoms with Crippen molar-refractivity contribution in [2.45, 2.75) is 38.3 Å². The fourth-order valence-corrected chi connectivity index (χ4v) is 2.54. The molecule has 0 amide bonds. The minimum atomic E-state index is 0.256. The van der Waals surface area contributed by atoms with E-state index in [2.05, 4.69) is 22.9 Å². The lowest BCUT2D eigenvalue weighted by Gasteiger charge is -2.49. The van der Waals surface area contributed by atoms with Crippen LogP contribution in [0.25, 0.3) is 0 Å². The molecule has 2 rings (SSSR count). The van der Waals surface area contributed by atoms with E-state index in [1.807, 2.05) is 18.3 Å². The lowest BCUT2D eigenvalue weighted by molar-refractivity contribution is 0.0199. The number of rotatable bonds is 5. The van der Waals surface area contributed by atoms with Crippen molar-refractivity contribution in [1.29, 1.82) is 0 Å². The van der Waals surface area contributed by atoms with Crippen molar-refractivity contribution in [3.63, 3.8) is 0 Å². The second-order valence-electron chi connectivity index (χ2n) is 4.62. The summed E-state index contributed by atoms with van der Waals surface area (Å²) in [6.45, 7) is 4.95. The third-order valence-corrected chi connectivity index (χ3v) is 3.80. The fourth-order valence-electron chi connectivity index (χ4n) is 2.54. The third-order valence-electron chi connectivity index (χ3n) is 3.80. The van der Waals surface area contributed by atoms with Gasteiger partial charge in [0, 0.05) is 24.8 Å². The minimum absolute atomic E-state index is 0.256. The van der Waals surface area contributed by atoms with Crippen molar-refractivity contribution in [2.24, 2.45) is 5.73 Å². The molecule has 1 fully saturated rings. The molecule has 1 aliphatic carbocycles. The summed E-state index contributed by atoms with van der Waals surface area (Å²) in [5.74, 6) is 0. The molecule has 3 heteroatoms. The molecule has 0 radical (unpaired) electrons. The van der Waals surface area contributed by atoms with Crippen molar-refractivity contribution < 1.29 is 0 Å². The molecular weight excluding hydrogens is 198 g/mol. The maximum atomic E-state index is 5.94. The predicted molar refractivity (Wildman–Crippen MR) is 66.0 cm³/mol. The Balaban J connectivity index is 2.06. The van der Waals surface area contributed by atoms with Gasteiger partial charge in [-0.1, -0.05) is 13.0 Å². The van der Waals surface area contributed by atoms with Gasteiger partial charge < -0.3 is 5.73 Å². The Morgan fingerprint density at radius 1 is 1.44 bits per heavy atom. The first-order chi connectivity index (χ1) is 7.80. The van der Waals surface area contributed by atoms with Crippen LogP contribution in [0.4, 0.5) is 0 Å². The van der Waals surface area contributed by atoms with E-state index in [0.717, 1.165) is 25.3 Å². The number of likely N-dealkylation sites (N-methyl/N-ethyl adjacent to an activating group) is 1. The quantitative estimate of drug-likeness (QED) is 0.821. The zero-order valence-electron chi connectivity index (χ0n) is 10.0. The third kappa shape index (κ3) is 2.11. The van der Waals surface area contributed by atoms with E-state index in [1.165, 1.54) is 19.3 Å². The van der Waals surface area contributed by atoms with Gasteiger partial charge in [0.2, 0.25) is 0 Å². The van der Waals surface area contributed by atoms with Crippen molar-refractivity contribution in [3.05, 3.63) is 30.1 Å². The topological polar surface area (TPSA) is 42.2 Å². The van der Waals surface area contributed by atoms with E-state index in [9.17, 15) is 0 Å². The van der Waals surface area contributed by atoms with E-state index in [1.54, 1.807) is 0 Å². The summed E-state index contributed by atoms with van der Waals surface area (Å²) in [7, 11) is 0. The van der Waals surface area contributed by atoms with Gasteiger partial charge in [0.25, 0.3) is 0 Å². The van der Waals surface area contributed by atoms with Gasteiger partial charge in [0.15, 0.2) is 0 Å². The summed E-state index contributed by atoms with van der Waals surface area (Å²) < 4.78 is 0. The van der Waals surface area contributed by atoms with Gasteiger partial charge in [-0.25, -0.2) is 0 Å². The smallest absolute Gasteiger partial charge is 0.0544 e. The number of nitrogens with zero attached hydrogens (tertiary/aromatic N) is 2. The van der Waals surface area contributed by atoms with E-state index in [0.29, 0.717) is 0 Å². The van der Waals surface area contributed by atoms with Crippen LogP contribution in [-0.4, -0.2) is 28.5 Å². The summed E-state index contributed by atoms with van der Waals surface area (Å²) in [4.78, 5) is 6.88. The lowest BCUT2D eigenvalue weighted by Crippen LogP contribution is -2.58. The summed E-state index contributed by atoms with van der Waals surface area (Å²) in [5, 5.41) is 0. The van der Waals surface area contributed by atoms with Gasteiger partial charge in [-0.05, 0) is 37.9 Å². The highest BCUT2D eigenvalue weighted by Crippen LogP contribution is 2.37. The standard InChI is InChI=1S/C13H21N3/c1-2-16(13(11-14)7-5-8-13)10-12-6-3-4-9-15-12/h3-4,6,9H,2,5,7-8,10-11,14H2,1H3. The first-order valence-corrected chi connectivity index (χ1v) is 6.16. The number of hydrogen-bond donors (Lipinski definition) is 1. The Morgan fingerprint density at radius 2 is 2.25 bits per heavy atom. The average Bonchev–Trinajstić information content (AvgIpc) is 2.28. The van der Waals surface area contributed by atoms with Crippen LogP contribution in [0.5, 0.6) is 0 Å². The molecule has 1 aliphatic rings. The number of aromatic nitrogens is 1. The van der Waals surface area contributed by atoms with Gasteiger partial charge in [0.1, 0.15) is 0 Å². The van der Waals surface area contributed by atoms with Crippen LogP contribution in [0.15, 0.2) is 24.4 Å². The molecule has 1 heterocycles. The lowest BCUT2D eigenvalue weighted by atomic mass is 9.75. The van der Waals surface area contributed by atoms with E-state index in [4.69, 9.17) is 5.73 Å². The van der Waals surface area contributed by atoms with Crippen molar-refractivity contribution in [2.75, 3.05) is 13.1 Å². The summed E-state index contributed by atoms with van der Waals surface area (Å²) >= 11 is 0. The van der Waals surface area contributed by atoms with Crippen LogP contribution in [0.1, 0.15) is 31.9 Å². The van der Waals surface area contributed by atoms with E-state index >= 15 is 0 Å². The molecule has 3 nitrogen and oxygen atoms in total. The van der Waals surface area contributed by atoms with Gasteiger partial charge in [-0.2, -0.15) is 0 Å². The Hall–Kier alpha value is -0.930. The number of nitrogens with two attached hydrogens (primary N) is 1. The Kier molecular flexibility index (Phi) is 3.56. The Bertz CT molecular complexity index is 314. The minimum Gasteiger partial charge on any atom is -0.329 e. The fraction of sp³-hybridized carbons (Fsp3) is 0.615. The van der Waals surface area contributed by atoms with Crippen LogP contribution in [0.3, 0.4) is 0 Å². The average molecular weight is 219 g/mol. The monoisotopic (exact) mass is 219 g/mol. The Morgan fingerprint density at radius 3 is 2.69 bits per heavy atom. The molecule has 2 N–H and O–H groups in total.